The van der Waals surface area contributed by atoms with Crippen LogP contribution in [-0.4, -0.2) is 30.2 Å². The van der Waals surface area contributed by atoms with Crippen LogP contribution in [0.3, 0.4) is 0 Å². The van der Waals surface area contributed by atoms with Gasteiger partial charge >= 0.3 is 0 Å². The van der Waals surface area contributed by atoms with Crippen LogP contribution in [0.5, 0.6) is 0 Å². The maximum atomic E-state index is 12.8. The number of nitrogens with one attached hydrogen (secondary N) is 1. The molecular formula is C14H16BrN3O4S. The first-order chi connectivity index (χ1) is 10.5. The van der Waals surface area contributed by atoms with E-state index in [-0.39, 0.29) is 28.1 Å². The number of anilines is 1. The van der Waals surface area contributed by atoms with Crippen LogP contribution in [0, 0.1) is 6.92 Å². The number of hydrogen-bond acceptors (Lipinski definition) is 5. The molecule has 0 bridgehead atoms. The molecule has 7 nitrogen and oxygen atoms in total. The van der Waals surface area contributed by atoms with Crippen molar-refractivity contribution in [2.45, 2.75) is 12.7 Å². The van der Waals surface area contributed by atoms with Gasteiger partial charge in [0.2, 0.25) is 5.78 Å². The molecule has 0 fully saturated rings. The molecule has 9 heteroatoms. The monoisotopic (exact) mass is 401 g/mol. The molecule has 0 amide bonds. The molecule has 124 valence electrons. The second kappa shape index (κ2) is 5.97. The Labute approximate surface area is 141 Å². The van der Waals surface area contributed by atoms with Crippen molar-refractivity contribution in [3.8, 4) is 0 Å². The fourth-order valence-corrected chi connectivity index (χ4v) is 3.56. The maximum Gasteiger partial charge on any atom is 0.277 e. The lowest BCUT2D eigenvalue weighted by molar-refractivity contribution is 0.103. The number of aryl methyl sites for hydroxylation is 2. The highest BCUT2D eigenvalue weighted by molar-refractivity contribution is 9.10. The number of H-pyrrole nitrogens is 1. The van der Waals surface area contributed by atoms with E-state index in [4.69, 9.17) is 5.73 Å². The Morgan fingerprint density at radius 3 is 2.48 bits per heavy atom. The fraction of sp³-hybridized carbons (Fsp3) is 0.286. The van der Waals surface area contributed by atoms with E-state index in [1.807, 2.05) is 0 Å². The number of carbonyl (C=O) groups excluding carboxylic acids is 1. The lowest BCUT2D eigenvalue weighted by Gasteiger charge is -2.12. The van der Waals surface area contributed by atoms with Gasteiger partial charge in [-0.3, -0.25) is 19.4 Å². The summed E-state index contributed by atoms with van der Waals surface area (Å²) in [5, 5.41) is 2.74. The second-order valence-corrected chi connectivity index (χ2v) is 8.36. The van der Waals surface area contributed by atoms with Crippen molar-refractivity contribution >= 4 is 37.2 Å². The standard InChI is InChI=1S/C14H16BrN3O4S/c1-7-11(14(20)18(2)17-7)13(19)8-4-5-10(15)12(16)9(8)6-23(3,21)22/h4-5,17H,6,16H2,1-3H3. The molecule has 0 radical (unpaired) electrons. The number of benzene rings is 1. The summed E-state index contributed by atoms with van der Waals surface area (Å²) >= 11 is 3.22. The van der Waals surface area contributed by atoms with E-state index in [9.17, 15) is 18.0 Å². The van der Waals surface area contributed by atoms with Gasteiger partial charge in [0, 0.05) is 34.6 Å². The van der Waals surface area contributed by atoms with Crippen LogP contribution in [0.2, 0.25) is 0 Å². The molecule has 0 aliphatic carbocycles. The van der Waals surface area contributed by atoms with E-state index < -0.39 is 21.2 Å². The smallest absolute Gasteiger partial charge is 0.277 e. The zero-order valence-electron chi connectivity index (χ0n) is 12.8. The quantitative estimate of drug-likeness (QED) is 0.588. The number of halogens is 1. The van der Waals surface area contributed by atoms with Crippen LogP contribution >= 0.6 is 15.9 Å². The van der Waals surface area contributed by atoms with Crippen LogP contribution in [-0.2, 0) is 22.6 Å². The van der Waals surface area contributed by atoms with Crippen molar-refractivity contribution in [1.29, 1.82) is 0 Å². The van der Waals surface area contributed by atoms with Gasteiger partial charge in [0.25, 0.3) is 5.56 Å². The number of carbonyl (C=O) groups is 1. The summed E-state index contributed by atoms with van der Waals surface area (Å²) in [5.41, 5.74) is 6.32. The molecule has 0 aliphatic rings. The Bertz CT molecular complexity index is 957. The molecule has 0 unspecified atom stereocenters. The zero-order valence-corrected chi connectivity index (χ0v) is 15.2. The Balaban J connectivity index is 2.70. The first-order valence-corrected chi connectivity index (χ1v) is 9.43. The van der Waals surface area contributed by atoms with Crippen molar-refractivity contribution in [3.63, 3.8) is 0 Å². The number of nitrogens with zero attached hydrogens (tertiary/aromatic N) is 1. The zero-order chi connectivity index (χ0) is 17.5. The Morgan fingerprint density at radius 1 is 1.39 bits per heavy atom. The third kappa shape index (κ3) is 3.40. The fourth-order valence-electron chi connectivity index (χ4n) is 2.35. The molecular weight excluding hydrogens is 386 g/mol. The first-order valence-electron chi connectivity index (χ1n) is 6.57. The second-order valence-electron chi connectivity index (χ2n) is 5.36. The summed E-state index contributed by atoms with van der Waals surface area (Å²) in [6.45, 7) is 1.60. The highest BCUT2D eigenvalue weighted by Crippen LogP contribution is 2.29. The van der Waals surface area contributed by atoms with Gasteiger partial charge in [0.15, 0.2) is 9.84 Å². The topological polar surface area (TPSA) is 115 Å². The Kier molecular flexibility index (Phi) is 4.54. The molecule has 23 heavy (non-hydrogen) atoms. The number of hydrogen-bond donors (Lipinski definition) is 2. The SMILES string of the molecule is Cc1[nH]n(C)c(=O)c1C(=O)c1ccc(Br)c(N)c1CS(C)(=O)=O. The molecule has 0 atom stereocenters. The predicted molar refractivity (Wildman–Crippen MR) is 91.3 cm³/mol. The third-order valence-corrected chi connectivity index (χ3v) is 4.92. The number of rotatable bonds is 4. The largest absolute Gasteiger partial charge is 0.398 e. The minimum absolute atomic E-state index is 0.0241. The van der Waals surface area contributed by atoms with Crippen molar-refractivity contribution < 1.29 is 13.2 Å². The molecule has 0 spiro atoms. The predicted octanol–water partition coefficient (Wildman–Crippen LogP) is 1.14. The van der Waals surface area contributed by atoms with Crippen molar-refractivity contribution in [2.24, 2.45) is 7.05 Å². The normalized spacial score (nSPS) is 11.7. The number of ketones is 1. The van der Waals surface area contributed by atoms with Crippen LogP contribution in [0.15, 0.2) is 21.4 Å². The van der Waals surface area contributed by atoms with E-state index >= 15 is 0 Å². The summed E-state index contributed by atoms with van der Waals surface area (Å²) in [5.74, 6) is -0.939. The number of nitrogens with two attached hydrogens (primary N) is 1. The van der Waals surface area contributed by atoms with Crippen molar-refractivity contribution in [3.05, 3.63) is 49.3 Å². The molecule has 1 aromatic carbocycles. The molecule has 3 N–H and O–H groups in total. The van der Waals surface area contributed by atoms with Crippen molar-refractivity contribution in [2.75, 3.05) is 12.0 Å². The molecule has 2 aromatic rings. The van der Waals surface area contributed by atoms with Crippen LogP contribution in [0.1, 0.15) is 27.2 Å². The van der Waals surface area contributed by atoms with Crippen LogP contribution in [0.4, 0.5) is 5.69 Å². The van der Waals surface area contributed by atoms with E-state index in [0.29, 0.717) is 10.2 Å². The highest BCUT2D eigenvalue weighted by atomic mass is 79.9. The average Bonchev–Trinajstić information content (AvgIpc) is 2.67. The van der Waals surface area contributed by atoms with Gasteiger partial charge in [-0.25, -0.2) is 8.42 Å². The molecule has 0 saturated carbocycles. The molecule has 0 saturated heterocycles. The molecule has 1 aromatic heterocycles. The van der Waals surface area contributed by atoms with Gasteiger partial charge in [0.05, 0.1) is 11.4 Å². The number of aromatic nitrogens is 2. The highest BCUT2D eigenvalue weighted by Gasteiger charge is 2.24. The maximum absolute atomic E-state index is 12.8. The summed E-state index contributed by atoms with van der Waals surface area (Å²) in [4.78, 5) is 24.9. The summed E-state index contributed by atoms with van der Waals surface area (Å²) in [7, 11) is -1.91. The van der Waals surface area contributed by atoms with Gasteiger partial charge < -0.3 is 5.73 Å². The molecule has 2 rings (SSSR count). The number of sulfone groups is 1. The summed E-state index contributed by atoms with van der Waals surface area (Å²) < 4.78 is 25.0. The van der Waals surface area contributed by atoms with Gasteiger partial charge in [-0.15, -0.1) is 0 Å². The third-order valence-electron chi connectivity index (χ3n) is 3.41. The Morgan fingerprint density at radius 2 is 2.00 bits per heavy atom. The van der Waals surface area contributed by atoms with E-state index in [1.165, 1.54) is 17.8 Å². The number of aromatic amines is 1. The number of nitrogen functional groups attached to an aromatic ring is 1. The van der Waals surface area contributed by atoms with Gasteiger partial charge in [-0.05, 0) is 35.0 Å². The average molecular weight is 402 g/mol. The van der Waals surface area contributed by atoms with E-state index in [0.717, 1.165) is 6.26 Å². The van der Waals surface area contributed by atoms with Crippen molar-refractivity contribution in [1.82, 2.24) is 9.78 Å². The lowest BCUT2D eigenvalue weighted by atomic mass is 9.98. The van der Waals surface area contributed by atoms with Crippen LogP contribution in [0.25, 0.3) is 0 Å². The molecule has 0 aliphatic heterocycles. The minimum atomic E-state index is -3.41. The van der Waals surface area contributed by atoms with E-state index in [2.05, 4.69) is 21.0 Å². The molecule has 1 heterocycles. The first kappa shape index (κ1) is 17.5. The van der Waals surface area contributed by atoms with Crippen LogP contribution < -0.4 is 11.3 Å². The summed E-state index contributed by atoms with van der Waals surface area (Å²) in [6.07, 6.45) is 1.06. The lowest BCUT2D eigenvalue weighted by Crippen LogP contribution is -2.21. The van der Waals surface area contributed by atoms with Gasteiger partial charge in [-0.1, -0.05) is 0 Å². The Hall–Kier alpha value is -1.87. The van der Waals surface area contributed by atoms with Gasteiger partial charge in [0.1, 0.15) is 5.56 Å². The minimum Gasteiger partial charge on any atom is -0.398 e. The van der Waals surface area contributed by atoms with Gasteiger partial charge in [-0.2, -0.15) is 0 Å². The summed E-state index contributed by atoms with van der Waals surface area (Å²) in [6, 6.07) is 3.02. The van der Waals surface area contributed by atoms with E-state index in [1.54, 1.807) is 13.0 Å².